The first-order valence-electron chi connectivity index (χ1n) is 29.7. The zero-order valence-corrected chi connectivity index (χ0v) is 47.7. The Balaban J connectivity index is 0.938. The van der Waals surface area contributed by atoms with Crippen molar-refractivity contribution in [3.8, 4) is 45.4 Å². The van der Waals surface area contributed by atoms with Crippen LogP contribution in [0.5, 0.6) is 0 Å². The Bertz CT molecular complexity index is 5540. The maximum absolute atomic E-state index is 5.82. The van der Waals surface area contributed by atoms with Crippen LogP contribution in [0.15, 0.2) is 273 Å². The van der Waals surface area contributed by atoms with Crippen molar-refractivity contribution in [3.63, 3.8) is 0 Å². The van der Waals surface area contributed by atoms with Crippen molar-refractivity contribution in [2.75, 3.05) is 0 Å². The van der Waals surface area contributed by atoms with Crippen LogP contribution in [0.1, 0.15) is 26.3 Å². The maximum Gasteiger partial charge on any atom is 0.160 e. The standard InChI is InChI=1S/C80H54N6/c1-80(2,3)54-36-34-50-42-52(33-32-51(50)43-54)78-77-59-19-5-4-18-49(59)35-41-68(77)81-79(82-78)53-44-57(85-73-30-16-10-24-64(73)66-39-37-55(47-75(66)85)83-69-26-12-6-20-60(69)61-21-7-13-27-70(61)83)46-58(45-53)86-74-31-17-11-25-65(74)67-40-38-56(48-76(67)86)84-71-28-14-8-22-62(71)63-23-9-15-29-72(63)84/h4-48H,1-3H3. The lowest BCUT2D eigenvalue weighted by Crippen LogP contribution is -2.10. The molecule has 18 rings (SSSR count). The van der Waals surface area contributed by atoms with E-state index in [2.05, 4.69) is 312 Å². The number of benzene rings is 13. The minimum Gasteiger partial charge on any atom is -0.309 e. The van der Waals surface area contributed by atoms with Gasteiger partial charge in [0.2, 0.25) is 0 Å². The van der Waals surface area contributed by atoms with Crippen molar-refractivity contribution in [2.45, 2.75) is 26.2 Å². The van der Waals surface area contributed by atoms with E-state index < -0.39 is 0 Å². The Hall–Kier alpha value is -11.1. The molecular weight excluding hydrogens is 1040 g/mol. The molecule has 0 amide bonds. The van der Waals surface area contributed by atoms with Crippen molar-refractivity contribution >= 4 is 120 Å². The molecule has 404 valence electrons. The Morgan fingerprint density at radius 3 is 1.14 bits per heavy atom. The second kappa shape index (κ2) is 18.2. The summed E-state index contributed by atoms with van der Waals surface area (Å²) in [5.41, 5.74) is 18.4. The van der Waals surface area contributed by atoms with E-state index in [1.165, 1.54) is 81.5 Å². The fourth-order valence-electron chi connectivity index (χ4n) is 14.2. The Morgan fingerprint density at radius 2 is 0.663 bits per heavy atom. The largest absolute Gasteiger partial charge is 0.309 e. The first kappa shape index (κ1) is 48.5. The topological polar surface area (TPSA) is 45.5 Å². The van der Waals surface area contributed by atoms with Gasteiger partial charge in [-0.3, -0.25) is 0 Å². The summed E-state index contributed by atoms with van der Waals surface area (Å²) in [5.74, 6) is 0.646. The van der Waals surface area contributed by atoms with Gasteiger partial charge in [0.15, 0.2) is 5.82 Å². The molecule has 0 bridgehead atoms. The van der Waals surface area contributed by atoms with Crippen LogP contribution < -0.4 is 0 Å². The number of nitrogens with zero attached hydrogens (tertiary/aromatic N) is 6. The molecule has 0 N–H and O–H groups in total. The molecule has 0 aliphatic carbocycles. The van der Waals surface area contributed by atoms with E-state index in [9.17, 15) is 0 Å². The molecule has 86 heavy (non-hydrogen) atoms. The highest BCUT2D eigenvalue weighted by Gasteiger charge is 2.24. The van der Waals surface area contributed by atoms with Crippen LogP contribution in [-0.2, 0) is 5.41 Å². The molecule has 0 fully saturated rings. The van der Waals surface area contributed by atoms with E-state index in [0.717, 1.165) is 83.3 Å². The lowest BCUT2D eigenvalue weighted by Gasteiger charge is -2.19. The lowest BCUT2D eigenvalue weighted by atomic mass is 9.85. The minimum absolute atomic E-state index is 0.0265. The molecule has 0 aliphatic heterocycles. The summed E-state index contributed by atoms with van der Waals surface area (Å²) in [6.45, 7) is 6.83. The highest BCUT2D eigenvalue weighted by Crippen LogP contribution is 2.43. The van der Waals surface area contributed by atoms with Gasteiger partial charge in [0, 0.05) is 82.4 Å². The third-order valence-electron chi connectivity index (χ3n) is 18.2. The van der Waals surface area contributed by atoms with Crippen LogP contribution in [0.2, 0.25) is 0 Å². The number of fused-ring (bicyclic) bond motifs is 16. The molecule has 0 unspecified atom stereocenters. The molecular formula is C80H54N6. The van der Waals surface area contributed by atoms with Crippen molar-refractivity contribution < 1.29 is 0 Å². The minimum atomic E-state index is 0.0265. The molecule has 0 spiro atoms. The zero-order valence-electron chi connectivity index (χ0n) is 47.7. The predicted molar refractivity (Wildman–Crippen MR) is 361 cm³/mol. The van der Waals surface area contributed by atoms with Crippen LogP contribution in [0.3, 0.4) is 0 Å². The third-order valence-corrected chi connectivity index (χ3v) is 18.2. The molecule has 5 aromatic heterocycles. The molecule has 0 aliphatic rings. The van der Waals surface area contributed by atoms with E-state index in [1.807, 2.05) is 0 Å². The van der Waals surface area contributed by atoms with Gasteiger partial charge in [-0.25, -0.2) is 9.97 Å². The fourth-order valence-corrected chi connectivity index (χ4v) is 14.2. The third kappa shape index (κ3) is 7.20. The van der Waals surface area contributed by atoms with Gasteiger partial charge in [-0.05, 0) is 124 Å². The second-order valence-electron chi connectivity index (χ2n) is 24.2. The molecule has 6 heteroatoms. The van der Waals surface area contributed by atoms with Crippen LogP contribution in [-0.4, -0.2) is 28.2 Å². The molecule has 0 atom stereocenters. The summed E-state index contributed by atoms with van der Waals surface area (Å²) in [6, 6.07) is 101. The van der Waals surface area contributed by atoms with Crippen molar-refractivity contribution in [2.24, 2.45) is 0 Å². The van der Waals surface area contributed by atoms with Crippen LogP contribution in [0.25, 0.3) is 165 Å². The summed E-state index contributed by atoms with van der Waals surface area (Å²) in [6.07, 6.45) is 0. The van der Waals surface area contributed by atoms with Gasteiger partial charge in [-0.2, -0.15) is 0 Å². The number of hydrogen-bond donors (Lipinski definition) is 0. The van der Waals surface area contributed by atoms with Gasteiger partial charge >= 0.3 is 0 Å². The Labute approximate surface area is 495 Å². The fraction of sp³-hybridized carbons (Fsp3) is 0.0500. The summed E-state index contributed by atoms with van der Waals surface area (Å²) in [7, 11) is 0. The molecule has 5 heterocycles. The van der Waals surface area contributed by atoms with E-state index in [0.29, 0.717) is 5.82 Å². The number of rotatable bonds is 6. The van der Waals surface area contributed by atoms with Gasteiger partial charge in [0.25, 0.3) is 0 Å². The molecule has 13 aromatic carbocycles. The first-order chi connectivity index (χ1) is 42.3. The molecule has 6 nitrogen and oxygen atoms in total. The van der Waals surface area contributed by atoms with E-state index in [4.69, 9.17) is 9.97 Å². The van der Waals surface area contributed by atoms with E-state index >= 15 is 0 Å². The van der Waals surface area contributed by atoms with Gasteiger partial charge in [0.05, 0.1) is 55.3 Å². The monoisotopic (exact) mass is 1100 g/mol. The maximum atomic E-state index is 5.82. The number of aromatic nitrogens is 6. The van der Waals surface area contributed by atoms with Crippen LogP contribution in [0, 0.1) is 0 Å². The predicted octanol–water partition coefficient (Wildman–Crippen LogP) is 21.0. The van der Waals surface area contributed by atoms with Gasteiger partial charge in [-0.15, -0.1) is 0 Å². The molecule has 0 radical (unpaired) electrons. The highest BCUT2D eigenvalue weighted by atomic mass is 15.0. The molecule has 18 aromatic rings. The van der Waals surface area contributed by atoms with Crippen LogP contribution in [0.4, 0.5) is 0 Å². The molecule has 0 saturated heterocycles. The highest BCUT2D eigenvalue weighted by molar-refractivity contribution is 6.16. The summed E-state index contributed by atoms with van der Waals surface area (Å²) >= 11 is 0. The average Bonchev–Trinajstić information content (AvgIpc) is 2.59. The average molecular weight is 1100 g/mol. The SMILES string of the molecule is CC(C)(C)c1ccc2cc(-c3nc(-c4cc(-n5c6ccccc6c6ccc(-n7c8ccccc8c8ccccc87)cc65)cc(-n5c6ccccc6c6ccc(-n7c8ccccc8c8ccccc87)cc65)c4)nc4ccc5ccccc5c34)ccc2c1. The Morgan fingerprint density at radius 1 is 0.267 bits per heavy atom. The normalized spacial score (nSPS) is 12.4. The first-order valence-corrected chi connectivity index (χ1v) is 29.7. The summed E-state index contributed by atoms with van der Waals surface area (Å²) < 4.78 is 9.78. The van der Waals surface area contributed by atoms with Crippen molar-refractivity contribution in [1.82, 2.24) is 28.2 Å². The Kier molecular flexibility index (Phi) is 10.3. The summed E-state index contributed by atoms with van der Waals surface area (Å²) in [4.78, 5) is 11.5. The molecule has 0 saturated carbocycles. The number of para-hydroxylation sites is 6. The summed E-state index contributed by atoms with van der Waals surface area (Å²) in [5, 5.41) is 15.3. The van der Waals surface area contributed by atoms with Crippen molar-refractivity contribution in [1.29, 1.82) is 0 Å². The van der Waals surface area contributed by atoms with Crippen LogP contribution >= 0.6 is 0 Å². The van der Waals surface area contributed by atoms with Gasteiger partial charge < -0.3 is 18.3 Å². The van der Waals surface area contributed by atoms with E-state index in [-0.39, 0.29) is 5.41 Å². The quantitative estimate of drug-likeness (QED) is 0.156. The van der Waals surface area contributed by atoms with Gasteiger partial charge in [-0.1, -0.05) is 203 Å². The zero-order chi connectivity index (χ0) is 56.9. The number of hydrogen-bond acceptors (Lipinski definition) is 2. The van der Waals surface area contributed by atoms with E-state index in [1.54, 1.807) is 0 Å². The van der Waals surface area contributed by atoms with Gasteiger partial charge in [0.1, 0.15) is 0 Å². The smallest absolute Gasteiger partial charge is 0.160 e. The van der Waals surface area contributed by atoms with Crippen molar-refractivity contribution in [3.05, 3.63) is 279 Å². The lowest BCUT2D eigenvalue weighted by molar-refractivity contribution is 0.591. The second-order valence-corrected chi connectivity index (χ2v) is 24.2.